The molecule has 1 fully saturated rings. The van der Waals surface area contributed by atoms with Gasteiger partial charge in [0.1, 0.15) is 0 Å². The second-order valence-corrected chi connectivity index (χ2v) is 5.61. The number of ether oxygens (including phenoxy) is 3. The van der Waals surface area contributed by atoms with Gasteiger partial charge in [0, 0.05) is 19.7 Å². The van der Waals surface area contributed by atoms with E-state index in [9.17, 15) is 4.79 Å². The van der Waals surface area contributed by atoms with Crippen molar-refractivity contribution in [3.05, 3.63) is 42.0 Å². The van der Waals surface area contributed by atoms with E-state index >= 15 is 0 Å². The first-order valence-corrected chi connectivity index (χ1v) is 7.82. The Morgan fingerprint density at radius 3 is 3.09 bits per heavy atom. The largest absolute Gasteiger partial charge is 0.454 e. The number of benzene rings is 1. The Balaban J connectivity index is 1.56. The molecule has 0 bridgehead atoms. The maximum Gasteiger partial charge on any atom is 0.246 e. The molecule has 0 aromatic heterocycles. The summed E-state index contributed by atoms with van der Waals surface area (Å²) >= 11 is 0. The van der Waals surface area contributed by atoms with Gasteiger partial charge in [0.15, 0.2) is 11.5 Å². The van der Waals surface area contributed by atoms with E-state index in [2.05, 4.69) is 0 Å². The molecule has 5 heteroatoms. The number of nitrogens with zero attached hydrogens (tertiary/aromatic N) is 1. The van der Waals surface area contributed by atoms with Crippen LogP contribution in [0.3, 0.4) is 0 Å². The summed E-state index contributed by atoms with van der Waals surface area (Å²) < 4.78 is 15.8. The van der Waals surface area contributed by atoms with Crippen LogP contribution in [-0.4, -0.2) is 43.9 Å². The van der Waals surface area contributed by atoms with Crippen molar-refractivity contribution in [3.8, 4) is 11.5 Å². The van der Waals surface area contributed by atoms with Gasteiger partial charge in [0.05, 0.1) is 12.6 Å². The Hall–Kier alpha value is -2.27. The van der Waals surface area contributed by atoms with Crippen molar-refractivity contribution in [3.63, 3.8) is 0 Å². The highest BCUT2D eigenvalue weighted by Gasteiger charge is 2.26. The second kappa shape index (κ2) is 7.33. The molecule has 5 nitrogen and oxygen atoms in total. The molecular formula is C18H21NO4. The zero-order valence-corrected chi connectivity index (χ0v) is 13.2. The number of carbonyl (C=O) groups is 1. The SMILES string of the molecule is COCC1CCCN1C(=O)C=CC=Cc1ccc2c(c1)OCO2. The van der Waals surface area contributed by atoms with Gasteiger partial charge >= 0.3 is 0 Å². The lowest BCUT2D eigenvalue weighted by molar-refractivity contribution is -0.127. The third-order valence-electron chi connectivity index (χ3n) is 4.05. The Morgan fingerprint density at radius 1 is 1.35 bits per heavy atom. The zero-order chi connectivity index (χ0) is 16.1. The number of hydrogen-bond donors (Lipinski definition) is 0. The molecule has 2 aliphatic rings. The Morgan fingerprint density at radius 2 is 2.22 bits per heavy atom. The van der Waals surface area contributed by atoms with Crippen LogP contribution >= 0.6 is 0 Å². The minimum absolute atomic E-state index is 0.0416. The fraction of sp³-hybridized carbons (Fsp3) is 0.389. The van der Waals surface area contributed by atoms with Crippen molar-refractivity contribution in [1.29, 1.82) is 0 Å². The van der Waals surface area contributed by atoms with Crippen LogP contribution in [0.5, 0.6) is 11.5 Å². The van der Waals surface area contributed by atoms with Gasteiger partial charge in [-0.3, -0.25) is 4.79 Å². The standard InChI is InChI=1S/C18H21NO4/c1-21-12-15-6-4-10-19(15)18(20)7-3-2-5-14-8-9-16-17(11-14)23-13-22-16/h2-3,5,7-9,11,15H,4,6,10,12-13H2,1H3. The fourth-order valence-electron chi connectivity index (χ4n) is 2.91. The number of amides is 1. The molecule has 2 aliphatic heterocycles. The quantitative estimate of drug-likeness (QED) is 0.619. The number of rotatable bonds is 5. The van der Waals surface area contributed by atoms with Crippen molar-refractivity contribution in [2.45, 2.75) is 18.9 Å². The molecule has 0 N–H and O–H groups in total. The molecule has 1 atom stereocenters. The summed E-state index contributed by atoms with van der Waals surface area (Å²) in [6, 6.07) is 5.96. The smallest absolute Gasteiger partial charge is 0.246 e. The molecule has 3 rings (SSSR count). The molecule has 0 saturated carbocycles. The molecule has 1 aromatic carbocycles. The molecule has 122 valence electrons. The van der Waals surface area contributed by atoms with Gasteiger partial charge in [-0.1, -0.05) is 24.3 Å². The van der Waals surface area contributed by atoms with Crippen molar-refractivity contribution < 1.29 is 19.0 Å². The van der Waals surface area contributed by atoms with Gasteiger partial charge in [-0.25, -0.2) is 0 Å². The van der Waals surface area contributed by atoms with Gasteiger partial charge in [0.25, 0.3) is 0 Å². The maximum absolute atomic E-state index is 12.2. The monoisotopic (exact) mass is 315 g/mol. The summed E-state index contributed by atoms with van der Waals surface area (Å²) in [6.07, 6.45) is 9.23. The number of fused-ring (bicyclic) bond motifs is 1. The first-order chi connectivity index (χ1) is 11.3. The van der Waals surface area contributed by atoms with Crippen molar-refractivity contribution in [2.75, 3.05) is 27.1 Å². The molecular weight excluding hydrogens is 294 g/mol. The predicted octanol–water partition coefficient (Wildman–Crippen LogP) is 2.62. The first-order valence-electron chi connectivity index (χ1n) is 7.82. The summed E-state index contributed by atoms with van der Waals surface area (Å²) in [6.45, 7) is 1.69. The lowest BCUT2D eigenvalue weighted by Crippen LogP contribution is -2.36. The normalized spacial score (nSPS) is 20.0. The number of likely N-dealkylation sites (tertiary alicyclic amines) is 1. The topological polar surface area (TPSA) is 48.0 Å². The Kier molecular flexibility index (Phi) is 4.98. The maximum atomic E-state index is 12.2. The fourth-order valence-corrected chi connectivity index (χ4v) is 2.91. The highest BCUT2D eigenvalue weighted by molar-refractivity contribution is 5.88. The van der Waals surface area contributed by atoms with Crippen LogP contribution < -0.4 is 9.47 Å². The van der Waals surface area contributed by atoms with Gasteiger partial charge in [-0.05, 0) is 30.5 Å². The van der Waals surface area contributed by atoms with Gasteiger partial charge < -0.3 is 19.1 Å². The van der Waals surface area contributed by atoms with E-state index in [1.807, 2.05) is 35.3 Å². The number of carbonyl (C=O) groups excluding carboxylic acids is 1. The number of hydrogen-bond acceptors (Lipinski definition) is 4. The van der Waals surface area contributed by atoms with Crippen LogP contribution in [0.2, 0.25) is 0 Å². The molecule has 1 amide bonds. The first kappa shape index (κ1) is 15.6. The summed E-state index contributed by atoms with van der Waals surface area (Å²) in [5.41, 5.74) is 1.00. The van der Waals surface area contributed by atoms with Crippen LogP contribution in [0, 0.1) is 0 Å². The van der Waals surface area contributed by atoms with Crippen molar-refractivity contribution >= 4 is 12.0 Å². The summed E-state index contributed by atoms with van der Waals surface area (Å²) in [4.78, 5) is 14.1. The third-order valence-corrected chi connectivity index (χ3v) is 4.05. The lowest BCUT2D eigenvalue weighted by atomic mass is 10.2. The van der Waals surface area contributed by atoms with Gasteiger partial charge in [0.2, 0.25) is 12.7 Å². The van der Waals surface area contributed by atoms with Gasteiger partial charge in [-0.2, -0.15) is 0 Å². The van der Waals surface area contributed by atoms with E-state index in [4.69, 9.17) is 14.2 Å². The summed E-state index contributed by atoms with van der Waals surface area (Å²) in [5, 5.41) is 0. The van der Waals surface area contributed by atoms with Crippen LogP contribution in [0.25, 0.3) is 6.08 Å². The molecule has 23 heavy (non-hydrogen) atoms. The van der Waals surface area contributed by atoms with E-state index in [0.717, 1.165) is 36.4 Å². The lowest BCUT2D eigenvalue weighted by Gasteiger charge is -2.22. The second-order valence-electron chi connectivity index (χ2n) is 5.61. The van der Waals surface area contributed by atoms with Gasteiger partial charge in [-0.15, -0.1) is 0 Å². The predicted molar refractivity (Wildman–Crippen MR) is 87.4 cm³/mol. The van der Waals surface area contributed by atoms with Crippen LogP contribution in [0.4, 0.5) is 0 Å². The van der Waals surface area contributed by atoms with E-state index < -0.39 is 0 Å². The van der Waals surface area contributed by atoms with E-state index in [1.54, 1.807) is 19.3 Å². The molecule has 0 spiro atoms. The summed E-state index contributed by atoms with van der Waals surface area (Å²) in [5.74, 6) is 1.57. The summed E-state index contributed by atoms with van der Waals surface area (Å²) in [7, 11) is 1.67. The molecule has 0 radical (unpaired) electrons. The minimum Gasteiger partial charge on any atom is -0.454 e. The molecule has 2 heterocycles. The van der Waals surface area contributed by atoms with E-state index in [0.29, 0.717) is 6.61 Å². The highest BCUT2D eigenvalue weighted by Crippen LogP contribution is 2.32. The zero-order valence-electron chi connectivity index (χ0n) is 13.2. The molecule has 1 unspecified atom stereocenters. The third kappa shape index (κ3) is 3.74. The van der Waals surface area contributed by atoms with E-state index in [-0.39, 0.29) is 18.7 Å². The number of methoxy groups -OCH3 is 1. The minimum atomic E-state index is 0.0416. The van der Waals surface area contributed by atoms with Crippen LogP contribution in [0.15, 0.2) is 36.4 Å². The molecule has 0 aliphatic carbocycles. The average molecular weight is 315 g/mol. The molecule has 1 aromatic rings. The van der Waals surface area contributed by atoms with Crippen molar-refractivity contribution in [2.24, 2.45) is 0 Å². The van der Waals surface area contributed by atoms with E-state index in [1.165, 1.54) is 0 Å². The Bertz CT molecular complexity index is 623. The average Bonchev–Trinajstić information content (AvgIpc) is 3.20. The number of allylic oxidation sites excluding steroid dienone is 2. The van der Waals surface area contributed by atoms with Crippen LogP contribution in [0.1, 0.15) is 18.4 Å². The van der Waals surface area contributed by atoms with Crippen molar-refractivity contribution in [1.82, 2.24) is 4.90 Å². The van der Waals surface area contributed by atoms with Crippen LogP contribution in [-0.2, 0) is 9.53 Å². The molecule has 1 saturated heterocycles. The highest BCUT2D eigenvalue weighted by atomic mass is 16.7. The Labute approximate surface area is 136 Å².